The highest BCUT2D eigenvalue weighted by molar-refractivity contribution is 5.79. The van der Waals surface area contributed by atoms with Crippen molar-refractivity contribution in [1.82, 2.24) is 15.5 Å². The fraction of sp³-hybridized carbons (Fsp3) is 0.562. The highest BCUT2D eigenvalue weighted by Crippen LogP contribution is 2.35. The molecule has 2 N–H and O–H groups in total. The van der Waals surface area contributed by atoms with E-state index in [9.17, 15) is 0 Å². The molecular weight excluding hydrogens is 248 g/mol. The van der Waals surface area contributed by atoms with Crippen LogP contribution in [0.4, 0.5) is 0 Å². The van der Waals surface area contributed by atoms with Gasteiger partial charge in [-0.25, -0.2) is 0 Å². The Kier molecular flexibility index (Phi) is 5.41. The van der Waals surface area contributed by atoms with Crippen molar-refractivity contribution in [3.05, 3.63) is 35.9 Å². The Morgan fingerprint density at radius 2 is 2.05 bits per heavy atom. The van der Waals surface area contributed by atoms with Gasteiger partial charge in [0, 0.05) is 33.2 Å². The molecule has 0 saturated heterocycles. The van der Waals surface area contributed by atoms with Gasteiger partial charge < -0.3 is 10.6 Å². The molecule has 1 aliphatic rings. The third-order valence-electron chi connectivity index (χ3n) is 3.95. The number of rotatable bonds is 6. The molecular formula is C16H26N4. The van der Waals surface area contributed by atoms with Crippen LogP contribution in [0.3, 0.4) is 0 Å². The fourth-order valence-electron chi connectivity index (χ4n) is 2.63. The van der Waals surface area contributed by atoms with Gasteiger partial charge in [0.2, 0.25) is 0 Å². The van der Waals surface area contributed by atoms with Gasteiger partial charge >= 0.3 is 0 Å². The highest BCUT2D eigenvalue weighted by Gasteiger charge is 2.33. The lowest BCUT2D eigenvalue weighted by molar-refractivity contribution is 0.210. The summed E-state index contributed by atoms with van der Waals surface area (Å²) in [7, 11) is 5.92. The average Bonchev–Trinajstić information content (AvgIpc) is 3.29. The number of hydrogen-bond donors (Lipinski definition) is 2. The number of nitrogens with one attached hydrogen (secondary N) is 2. The van der Waals surface area contributed by atoms with Crippen molar-refractivity contribution >= 4 is 5.96 Å². The van der Waals surface area contributed by atoms with Crippen LogP contribution in [0.5, 0.6) is 0 Å². The van der Waals surface area contributed by atoms with Gasteiger partial charge in [-0.05, 0) is 31.4 Å². The van der Waals surface area contributed by atoms with Gasteiger partial charge in [-0.15, -0.1) is 0 Å². The molecule has 1 fully saturated rings. The van der Waals surface area contributed by atoms with Crippen molar-refractivity contribution in [2.24, 2.45) is 10.9 Å². The van der Waals surface area contributed by atoms with Gasteiger partial charge in [0.05, 0.1) is 0 Å². The molecule has 1 aliphatic carbocycles. The lowest BCUT2D eigenvalue weighted by atomic mass is 10.1. The summed E-state index contributed by atoms with van der Waals surface area (Å²) in [5.41, 5.74) is 1.37. The second-order valence-corrected chi connectivity index (χ2v) is 5.51. The van der Waals surface area contributed by atoms with E-state index in [-0.39, 0.29) is 0 Å². The van der Waals surface area contributed by atoms with Gasteiger partial charge in [-0.2, -0.15) is 0 Å². The molecule has 0 aliphatic heterocycles. The predicted octanol–water partition coefficient (Wildman–Crippen LogP) is 1.69. The quantitative estimate of drug-likeness (QED) is 0.612. The van der Waals surface area contributed by atoms with Crippen LogP contribution in [-0.4, -0.2) is 44.6 Å². The molecule has 0 spiro atoms. The summed E-state index contributed by atoms with van der Waals surface area (Å²) in [5, 5.41) is 6.48. The number of hydrogen-bond acceptors (Lipinski definition) is 2. The molecule has 1 aromatic carbocycles. The van der Waals surface area contributed by atoms with Crippen LogP contribution in [0.1, 0.15) is 18.4 Å². The van der Waals surface area contributed by atoms with Crippen LogP contribution >= 0.6 is 0 Å². The maximum absolute atomic E-state index is 4.18. The van der Waals surface area contributed by atoms with E-state index in [1.807, 2.05) is 7.05 Å². The maximum Gasteiger partial charge on any atom is 0.190 e. The van der Waals surface area contributed by atoms with E-state index in [1.54, 1.807) is 7.05 Å². The Labute approximate surface area is 122 Å². The third kappa shape index (κ3) is 4.23. The van der Waals surface area contributed by atoms with Gasteiger partial charge in [-0.1, -0.05) is 30.3 Å². The Hall–Kier alpha value is -1.55. The van der Waals surface area contributed by atoms with E-state index in [0.29, 0.717) is 6.04 Å². The van der Waals surface area contributed by atoms with Gasteiger partial charge in [0.25, 0.3) is 0 Å². The summed E-state index contributed by atoms with van der Waals surface area (Å²) in [4.78, 5) is 6.64. The largest absolute Gasteiger partial charge is 0.359 e. The van der Waals surface area contributed by atoms with E-state index in [2.05, 4.69) is 57.9 Å². The van der Waals surface area contributed by atoms with Crippen LogP contribution in [-0.2, 0) is 6.54 Å². The predicted molar refractivity (Wildman–Crippen MR) is 84.8 cm³/mol. The SMILES string of the molecule is CN=C(NC)NC[C@H](C1CC1)N(C)Cc1ccccc1. The molecule has 2 rings (SSSR count). The molecule has 110 valence electrons. The second kappa shape index (κ2) is 7.29. The number of nitrogens with zero attached hydrogens (tertiary/aromatic N) is 2. The summed E-state index contributed by atoms with van der Waals surface area (Å²) >= 11 is 0. The monoisotopic (exact) mass is 274 g/mol. The molecule has 0 heterocycles. The summed E-state index contributed by atoms with van der Waals surface area (Å²) in [6.07, 6.45) is 2.70. The molecule has 1 atom stereocenters. The zero-order valence-corrected chi connectivity index (χ0v) is 12.8. The summed E-state index contributed by atoms with van der Waals surface area (Å²) in [6.45, 7) is 1.95. The van der Waals surface area contributed by atoms with E-state index >= 15 is 0 Å². The zero-order valence-electron chi connectivity index (χ0n) is 12.8. The molecule has 1 aromatic rings. The van der Waals surface area contributed by atoms with Crippen LogP contribution in [0.15, 0.2) is 35.3 Å². The molecule has 4 nitrogen and oxygen atoms in total. The number of likely N-dealkylation sites (N-methyl/N-ethyl adjacent to an activating group) is 1. The zero-order chi connectivity index (χ0) is 14.4. The van der Waals surface area contributed by atoms with Crippen LogP contribution in [0, 0.1) is 5.92 Å². The third-order valence-corrected chi connectivity index (χ3v) is 3.95. The smallest absolute Gasteiger partial charge is 0.190 e. The molecule has 0 unspecified atom stereocenters. The minimum atomic E-state index is 0.570. The summed E-state index contributed by atoms with van der Waals surface area (Å²) < 4.78 is 0. The first-order chi connectivity index (χ1) is 9.74. The maximum atomic E-state index is 4.18. The molecule has 0 amide bonds. The Morgan fingerprint density at radius 1 is 1.35 bits per heavy atom. The molecule has 4 heteroatoms. The molecule has 0 radical (unpaired) electrons. The Balaban J connectivity index is 1.91. The van der Waals surface area contributed by atoms with Crippen molar-refractivity contribution in [2.45, 2.75) is 25.4 Å². The number of guanidine groups is 1. The van der Waals surface area contributed by atoms with Gasteiger partial charge in [0.1, 0.15) is 0 Å². The molecule has 0 aromatic heterocycles. The van der Waals surface area contributed by atoms with E-state index < -0.39 is 0 Å². The van der Waals surface area contributed by atoms with Crippen LogP contribution < -0.4 is 10.6 Å². The van der Waals surface area contributed by atoms with Crippen molar-refractivity contribution in [3.63, 3.8) is 0 Å². The minimum absolute atomic E-state index is 0.570. The van der Waals surface area contributed by atoms with E-state index in [0.717, 1.165) is 25.0 Å². The fourth-order valence-corrected chi connectivity index (χ4v) is 2.63. The molecule has 1 saturated carbocycles. The van der Waals surface area contributed by atoms with Crippen molar-refractivity contribution in [1.29, 1.82) is 0 Å². The van der Waals surface area contributed by atoms with Crippen LogP contribution in [0.2, 0.25) is 0 Å². The Bertz CT molecular complexity index is 425. The van der Waals surface area contributed by atoms with Crippen molar-refractivity contribution < 1.29 is 0 Å². The number of aliphatic imine (C=N–C) groups is 1. The molecule has 20 heavy (non-hydrogen) atoms. The van der Waals surface area contributed by atoms with Gasteiger partial charge in [-0.3, -0.25) is 9.89 Å². The minimum Gasteiger partial charge on any atom is -0.359 e. The average molecular weight is 274 g/mol. The van der Waals surface area contributed by atoms with E-state index in [1.165, 1.54) is 18.4 Å². The first-order valence-electron chi connectivity index (χ1n) is 7.37. The highest BCUT2D eigenvalue weighted by atomic mass is 15.2. The van der Waals surface area contributed by atoms with Crippen molar-refractivity contribution in [3.8, 4) is 0 Å². The normalized spacial score (nSPS) is 17.1. The lowest BCUT2D eigenvalue weighted by Gasteiger charge is -2.29. The lowest BCUT2D eigenvalue weighted by Crippen LogP contribution is -2.46. The molecule has 0 bridgehead atoms. The first-order valence-corrected chi connectivity index (χ1v) is 7.37. The topological polar surface area (TPSA) is 39.7 Å². The summed E-state index contributed by atoms with van der Waals surface area (Å²) in [6, 6.07) is 11.2. The van der Waals surface area contributed by atoms with Crippen molar-refractivity contribution in [2.75, 3.05) is 27.7 Å². The van der Waals surface area contributed by atoms with Gasteiger partial charge in [0.15, 0.2) is 5.96 Å². The first kappa shape index (κ1) is 14.9. The van der Waals surface area contributed by atoms with E-state index in [4.69, 9.17) is 0 Å². The standard InChI is InChI=1S/C16H26N4/c1-17-16(18-2)19-11-15(14-9-10-14)20(3)12-13-7-5-4-6-8-13/h4-8,14-15H,9-12H2,1-3H3,(H2,17,18,19)/t15-/m1/s1. The Morgan fingerprint density at radius 3 is 2.60 bits per heavy atom. The second-order valence-electron chi connectivity index (χ2n) is 5.51. The van der Waals surface area contributed by atoms with Crippen LogP contribution in [0.25, 0.3) is 0 Å². The number of benzene rings is 1. The summed E-state index contributed by atoms with van der Waals surface area (Å²) in [5.74, 6) is 1.69.